The summed E-state index contributed by atoms with van der Waals surface area (Å²) in [5.41, 5.74) is 8.25. The minimum atomic E-state index is 0.324. The van der Waals surface area contributed by atoms with Gasteiger partial charge in [0.1, 0.15) is 17.3 Å². The molecule has 0 radical (unpaired) electrons. The van der Waals surface area contributed by atoms with Gasteiger partial charge in [0.25, 0.3) is 0 Å². The highest BCUT2D eigenvalue weighted by Gasteiger charge is 2.18. The van der Waals surface area contributed by atoms with E-state index in [4.69, 9.17) is 10.7 Å². The zero-order valence-corrected chi connectivity index (χ0v) is 13.2. The molecule has 0 spiro atoms. The Morgan fingerprint density at radius 3 is 2.58 bits per heavy atom. The molecule has 0 bridgehead atoms. The van der Waals surface area contributed by atoms with Crippen molar-refractivity contribution in [2.24, 2.45) is 0 Å². The highest BCUT2D eigenvalue weighted by atomic mass is 79.9. The molecule has 0 amide bonds. The summed E-state index contributed by atoms with van der Waals surface area (Å²) in [6.45, 7) is 6.44. The van der Waals surface area contributed by atoms with Gasteiger partial charge in [-0.1, -0.05) is 41.1 Å². The van der Waals surface area contributed by atoms with Gasteiger partial charge in [0, 0.05) is 22.5 Å². The van der Waals surface area contributed by atoms with Gasteiger partial charge in [-0.25, -0.2) is 4.98 Å². The summed E-state index contributed by atoms with van der Waals surface area (Å²) in [4.78, 5) is 4.76. The number of hydrogen-bond acceptors (Lipinski definition) is 2. The average Bonchev–Trinajstić information content (AvgIpc) is 2.67. The molecule has 1 aromatic heterocycles. The first-order chi connectivity index (χ1) is 9.06. The van der Waals surface area contributed by atoms with Crippen molar-refractivity contribution in [3.8, 4) is 11.3 Å². The van der Waals surface area contributed by atoms with Gasteiger partial charge in [-0.15, -0.1) is 0 Å². The van der Waals surface area contributed by atoms with Crippen molar-refractivity contribution in [1.82, 2.24) is 9.55 Å². The highest BCUT2D eigenvalue weighted by molar-refractivity contribution is 9.10. The van der Waals surface area contributed by atoms with Crippen LogP contribution in [-0.4, -0.2) is 9.55 Å². The fourth-order valence-corrected chi connectivity index (χ4v) is 2.79. The van der Waals surface area contributed by atoms with Crippen LogP contribution in [0.4, 0.5) is 5.82 Å². The van der Waals surface area contributed by atoms with Crippen LogP contribution in [0.15, 0.2) is 28.7 Å². The Labute approximate surface area is 123 Å². The lowest BCUT2D eigenvalue weighted by molar-refractivity contribution is 0.571. The molecule has 0 aliphatic heterocycles. The first-order valence-electron chi connectivity index (χ1n) is 6.67. The van der Waals surface area contributed by atoms with E-state index in [0.29, 0.717) is 6.04 Å². The Hall–Kier alpha value is -1.29. The number of imidazole rings is 1. The maximum Gasteiger partial charge on any atom is 0.132 e. The number of nitrogens with two attached hydrogens (primary N) is 1. The van der Waals surface area contributed by atoms with E-state index in [-0.39, 0.29) is 0 Å². The summed E-state index contributed by atoms with van der Waals surface area (Å²) < 4.78 is 3.16. The van der Waals surface area contributed by atoms with Gasteiger partial charge in [0.15, 0.2) is 0 Å². The van der Waals surface area contributed by atoms with Crippen LogP contribution >= 0.6 is 15.9 Å². The molecule has 0 aliphatic carbocycles. The third kappa shape index (κ3) is 2.68. The second-order valence-electron chi connectivity index (χ2n) is 4.96. The lowest BCUT2D eigenvalue weighted by Gasteiger charge is -2.13. The molecule has 0 atom stereocenters. The molecule has 1 aromatic carbocycles. The molecule has 4 heteroatoms. The van der Waals surface area contributed by atoms with Crippen molar-refractivity contribution >= 4 is 21.7 Å². The van der Waals surface area contributed by atoms with Crippen molar-refractivity contribution < 1.29 is 0 Å². The number of aryl methyl sites for hydroxylation is 1. The molecular weight excluding hydrogens is 302 g/mol. The fraction of sp³-hybridized carbons (Fsp3) is 0.400. The summed E-state index contributed by atoms with van der Waals surface area (Å²) in [6, 6.07) is 8.39. The molecule has 19 heavy (non-hydrogen) atoms. The number of anilines is 1. The van der Waals surface area contributed by atoms with E-state index in [1.165, 1.54) is 0 Å². The molecule has 0 saturated heterocycles. The first-order valence-corrected chi connectivity index (χ1v) is 7.47. The van der Waals surface area contributed by atoms with Crippen molar-refractivity contribution in [3.63, 3.8) is 0 Å². The van der Waals surface area contributed by atoms with Crippen LogP contribution in [0.5, 0.6) is 0 Å². The highest BCUT2D eigenvalue weighted by Crippen LogP contribution is 2.33. The average molecular weight is 322 g/mol. The number of benzene rings is 1. The molecule has 2 aromatic rings. The predicted octanol–water partition coefficient (Wildman–Crippen LogP) is 4.43. The Morgan fingerprint density at radius 2 is 2.00 bits per heavy atom. The summed E-state index contributed by atoms with van der Waals surface area (Å²) in [7, 11) is 0. The van der Waals surface area contributed by atoms with Crippen LogP contribution in [-0.2, 0) is 6.42 Å². The predicted molar refractivity (Wildman–Crippen MR) is 84.2 cm³/mol. The van der Waals surface area contributed by atoms with Crippen LogP contribution in [0.2, 0.25) is 0 Å². The van der Waals surface area contributed by atoms with E-state index < -0.39 is 0 Å². The molecule has 0 aliphatic rings. The van der Waals surface area contributed by atoms with Gasteiger partial charge in [-0.05, 0) is 26.3 Å². The lowest BCUT2D eigenvalue weighted by atomic mass is 10.1. The Balaban J connectivity index is 2.59. The number of rotatable bonds is 4. The van der Waals surface area contributed by atoms with Crippen LogP contribution in [0.1, 0.15) is 39.1 Å². The number of halogens is 1. The molecule has 2 N–H and O–H groups in total. The van der Waals surface area contributed by atoms with Gasteiger partial charge in [0.2, 0.25) is 0 Å². The van der Waals surface area contributed by atoms with E-state index in [1.807, 2.05) is 24.3 Å². The first kappa shape index (κ1) is 14.1. The molecule has 1 heterocycles. The quantitative estimate of drug-likeness (QED) is 0.905. The molecule has 0 fully saturated rings. The van der Waals surface area contributed by atoms with Crippen LogP contribution < -0.4 is 5.73 Å². The number of aromatic nitrogens is 2. The molecule has 0 unspecified atom stereocenters. The smallest absolute Gasteiger partial charge is 0.132 e. The number of nitrogens with zero attached hydrogens (tertiary/aromatic N) is 2. The van der Waals surface area contributed by atoms with Crippen molar-refractivity contribution in [2.75, 3.05) is 5.73 Å². The standard InChI is InChI=1S/C15H20BrN3/c1-4-7-13-18-14(15(17)19(13)10(2)3)11-8-5-6-9-12(11)16/h5-6,8-10H,4,7,17H2,1-3H3. The van der Waals surface area contributed by atoms with Gasteiger partial charge < -0.3 is 10.3 Å². The molecule has 0 saturated carbocycles. The third-order valence-corrected chi connectivity index (χ3v) is 3.83. The second kappa shape index (κ2) is 5.78. The molecule has 102 valence electrons. The van der Waals surface area contributed by atoms with Gasteiger partial charge in [-0.2, -0.15) is 0 Å². The monoisotopic (exact) mass is 321 g/mol. The Bertz CT molecular complexity index is 573. The largest absolute Gasteiger partial charge is 0.383 e. The van der Waals surface area contributed by atoms with Gasteiger partial charge in [0.05, 0.1) is 0 Å². The van der Waals surface area contributed by atoms with Gasteiger partial charge >= 0.3 is 0 Å². The summed E-state index contributed by atoms with van der Waals surface area (Å²) >= 11 is 3.57. The maximum absolute atomic E-state index is 6.32. The Morgan fingerprint density at radius 1 is 1.32 bits per heavy atom. The van der Waals surface area contributed by atoms with E-state index in [9.17, 15) is 0 Å². The minimum Gasteiger partial charge on any atom is -0.383 e. The number of hydrogen-bond donors (Lipinski definition) is 1. The maximum atomic E-state index is 6.32. The lowest BCUT2D eigenvalue weighted by Crippen LogP contribution is -2.09. The van der Waals surface area contributed by atoms with Gasteiger partial charge in [-0.3, -0.25) is 0 Å². The van der Waals surface area contributed by atoms with E-state index in [0.717, 1.165) is 40.2 Å². The van der Waals surface area contributed by atoms with Crippen molar-refractivity contribution in [2.45, 2.75) is 39.7 Å². The SMILES string of the molecule is CCCc1nc(-c2ccccc2Br)c(N)n1C(C)C. The zero-order chi connectivity index (χ0) is 14.0. The van der Waals surface area contributed by atoms with E-state index >= 15 is 0 Å². The summed E-state index contributed by atoms with van der Waals surface area (Å²) in [5, 5.41) is 0. The van der Waals surface area contributed by atoms with Crippen LogP contribution in [0.25, 0.3) is 11.3 Å². The topological polar surface area (TPSA) is 43.8 Å². The summed E-state index contributed by atoms with van der Waals surface area (Å²) in [5.74, 6) is 1.83. The van der Waals surface area contributed by atoms with Crippen molar-refractivity contribution in [3.05, 3.63) is 34.6 Å². The zero-order valence-electron chi connectivity index (χ0n) is 11.7. The Kier molecular flexibility index (Phi) is 4.30. The molecule has 3 nitrogen and oxygen atoms in total. The number of nitrogen functional groups attached to an aromatic ring is 1. The minimum absolute atomic E-state index is 0.324. The second-order valence-corrected chi connectivity index (χ2v) is 5.81. The molecule has 2 rings (SSSR count). The third-order valence-electron chi connectivity index (χ3n) is 3.14. The molecular formula is C15H20BrN3. The van der Waals surface area contributed by atoms with Crippen molar-refractivity contribution in [1.29, 1.82) is 0 Å². The normalized spacial score (nSPS) is 11.2. The van der Waals surface area contributed by atoms with Crippen LogP contribution in [0.3, 0.4) is 0 Å². The summed E-state index contributed by atoms with van der Waals surface area (Å²) in [6.07, 6.45) is 2.02. The van der Waals surface area contributed by atoms with E-state index in [2.05, 4.69) is 41.3 Å². The van der Waals surface area contributed by atoms with E-state index in [1.54, 1.807) is 0 Å². The fourth-order valence-electron chi connectivity index (χ4n) is 2.32. The van der Waals surface area contributed by atoms with Crippen LogP contribution in [0, 0.1) is 0 Å².